The summed E-state index contributed by atoms with van der Waals surface area (Å²) in [5.41, 5.74) is 2.26. The Kier molecular flexibility index (Phi) is 5.31. The van der Waals surface area contributed by atoms with Gasteiger partial charge in [0.15, 0.2) is 5.82 Å². The third kappa shape index (κ3) is 4.14. The van der Waals surface area contributed by atoms with Gasteiger partial charge in [0.05, 0.1) is 6.54 Å². The molecule has 3 aromatic rings. The average Bonchev–Trinajstić information content (AvgIpc) is 2.69. The van der Waals surface area contributed by atoms with Gasteiger partial charge in [0.25, 0.3) is 0 Å². The number of phenols is 1. The highest BCUT2D eigenvalue weighted by Gasteiger charge is 2.23. The molecule has 4 rings (SSSR count). The number of nitrogens with zero attached hydrogens (tertiary/aromatic N) is 3. The number of benzene rings is 2. The van der Waals surface area contributed by atoms with Crippen molar-refractivity contribution in [2.45, 2.75) is 25.8 Å². The quantitative estimate of drug-likeness (QED) is 0.613. The summed E-state index contributed by atoms with van der Waals surface area (Å²) < 4.78 is 0. The van der Waals surface area contributed by atoms with Crippen molar-refractivity contribution in [2.24, 2.45) is 0 Å². The summed E-state index contributed by atoms with van der Waals surface area (Å²) in [5.74, 6) is 0.0537. The van der Waals surface area contributed by atoms with Crippen LogP contribution in [0.5, 0.6) is 5.75 Å². The summed E-state index contributed by atoms with van der Waals surface area (Å²) in [5, 5.41) is 33.6. The number of aliphatic carboxylic acids is 1. The van der Waals surface area contributed by atoms with Crippen LogP contribution in [-0.4, -0.2) is 57.0 Å². The molecule has 150 valence electrons. The summed E-state index contributed by atoms with van der Waals surface area (Å²) in [4.78, 5) is 13.0. The van der Waals surface area contributed by atoms with E-state index in [1.165, 1.54) is 0 Å². The van der Waals surface area contributed by atoms with Gasteiger partial charge in [-0.3, -0.25) is 9.69 Å². The second-order valence-corrected chi connectivity index (χ2v) is 7.58. The van der Waals surface area contributed by atoms with Gasteiger partial charge in [0, 0.05) is 28.9 Å². The highest BCUT2D eigenvalue weighted by atomic mass is 16.4. The van der Waals surface area contributed by atoms with E-state index in [-0.39, 0.29) is 18.3 Å². The highest BCUT2D eigenvalue weighted by Crippen LogP contribution is 2.35. The molecule has 7 nitrogen and oxygen atoms in total. The van der Waals surface area contributed by atoms with Gasteiger partial charge in [0.2, 0.25) is 0 Å². The Hall–Kier alpha value is -3.19. The Bertz CT molecular complexity index is 1050. The number of phenolic OH excluding ortho intramolecular Hbond substituents is 1. The number of likely N-dealkylation sites (tertiary alicyclic amines) is 1. The molecule has 3 N–H and O–H groups in total. The summed E-state index contributed by atoms with van der Waals surface area (Å²) in [6, 6.07) is 13.5. The van der Waals surface area contributed by atoms with Crippen molar-refractivity contribution in [1.82, 2.24) is 15.1 Å². The molecule has 1 aliphatic heterocycles. The van der Waals surface area contributed by atoms with Crippen molar-refractivity contribution >= 4 is 22.6 Å². The third-order valence-corrected chi connectivity index (χ3v) is 5.30. The molecule has 7 heteroatoms. The van der Waals surface area contributed by atoms with Crippen LogP contribution in [0.25, 0.3) is 22.0 Å². The Balaban J connectivity index is 1.66. The SMILES string of the molecule is Cc1ccc(-c2nnc(NC3CCCN(CC(=O)O)C3)c3ccccc23)c(O)c1. The number of fused-ring (bicyclic) bond motifs is 1. The monoisotopic (exact) mass is 392 g/mol. The first-order chi connectivity index (χ1) is 14.0. The summed E-state index contributed by atoms with van der Waals surface area (Å²) in [6.07, 6.45) is 1.89. The van der Waals surface area contributed by atoms with E-state index in [4.69, 9.17) is 5.11 Å². The van der Waals surface area contributed by atoms with Gasteiger partial charge < -0.3 is 15.5 Å². The molecule has 2 heterocycles. The van der Waals surface area contributed by atoms with Crippen molar-refractivity contribution < 1.29 is 15.0 Å². The number of carbonyl (C=O) groups is 1. The van der Waals surface area contributed by atoms with Crippen LogP contribution >= 0.6 is 0 Å². The standard InChI is InChI=1S/C22H24N4O3/c1-14-8-9-18(19(27)11-14)21-16-6-2-3-7-17(16)22(25-24-21)23-15-5-4-10-26(12-15)13-20(28)29/h2-3,6-9,11,15,27H,4-5,10,12-13H2,1H3,(H,23,25)(H,28,29). The lowest BCUT2D eigenvalue weighted by molar-refractivity contribution is -0.138. The molecule has 1 atom stereocenters. The lowest BCUT2D eigenvalue weighted by Gasteiger charge is -2.32. The fraction of sp³-hybridized carbons (Fsp3) is 0.318. The van der Waals surface area contributed by atoms with E-state index >= 15 is 0 Å². The molecule has 0 amide bonds. The Morgan fingerprint density at radius 1 is 1.21 bits per heavy atom. The van der Waals surface area contributed by atoms with Gasteiger partial charge >= 0.3 is 5.97 Å². The number of nitrogens with one attached hydrogen (secondary N) is 1. The van der Waals surface area contributed by atoms with Crippen molar-refractivity contribution in [2.75, 3.05) is 25.0 Å². The van der Waals surface area contributed by atoms with Gasteiger partial charge in [-0.05, 0) is 44.0 Å². The van der Waals surface area contributed by atoms with Gasteiger partial charge in [0.1, 0.15) is 11.4 Å². The normalized spacial score (nSPS) is 17.3. The fourth-order valence-corrected chi connectivity index (χ4v) is 3.95. The average molecular weight is 392 g/mol. The molecule has 0 radical (unpaired) electrons. The summed E-state index contributed by atoms with van der Waals surface area (Å²) >= 11 is 0. The first-order valence-electron chi connectivity index (χ1n) is 9.77. The van der Waals surface area contributed by atoms with Crippen LogP contribution in [-0.2, 0) is 4.79 Å². The van der Waals surface area contributed by atoms with Crippen LogP contribution < -0.4 is 5.32 Å². The predicted octanol–water partition coefficient (Wildman–Crippen LogP) is 3.27. The summed E-state index contributed by atoms with van der Waals surface area (Å²) in [7, 11) is 0. The minimum absolute atomic E-state index is 0.0518. The van der Waals surface area contributed by atoms with E-state index < -0.39 is 5.97 Å². The number of aromatic nitrogens is 2. The molecular formula is C22H24N4O3. The molecule has 1 aromatic heterocycles. The van der Waals surface area contributed by atoms with E-state index in [1.54, 1.807) is 6.07 Å². The van der Waals surface area contributed by atoms with Gasteiger partial charge in [-0.1, -0.05) is 30.3 Å². The van der Waals surface area contributed by atoms with Crippen LogP contribution in [0.4, 0.5) is 5.82 Å². The van der Waals surface area contributed by atoms with Crippen LogP contribution in [0.2, 0.25) is 0 Å². The number of rotatable bonds is 5. The number of hydrogen-bond acceptors (Lipinski definition) is 6. The van der Waals surface area contributed by atoms with E-state index in [2.05, 4.69) is 15.5 Å². The molecule has 2 aromatic carbocycles. The number of aromatic hydroxyl groups is 1. The number of piperidine rings is 1. The molecule has 0 saturated carbocycles. The highest BCUT2D eigenvalue weighted by molar-refractivity contribution is 6.00. The number of carboxylic acids is 1. The van der Waals surface area contributed by atoms with Crippen LogP contribution in [0.1, 0.15) is 18.4 Å². The molecule has 1 saturated heterocycles. The first kappa shape index (κ1) is 19.1. The maximum Gasteiger partial charge on any atom is 0.317 e. The van der Waals surface area contributed by atoms with Crippen molar-refractivity contribution in [1.29, 1.82) is 0 Å². The maximum atomic E-state index is 11.0. The molecule has 29 heavy (non-hydrogen) atoms. The minimum atomic E-state index is -0.807. The Labute approximate surface area is 169 Å². The number of hydrogen-bond donors (Lipinski definition) is 3. The van der Waals surface area contributed by atoms with Gasteiger partial charge in [-0.2, -0.15) is 0 Å². The second kappa shape index (κ2) is 8.05. The van der Waals surface area contributed by atoms with Gasteiger partial charge in [-0.15, -0.1) is 10.2 Å². The van der Waals surface area contributed by atoms with Crippen LogP contribution in [0, 0.1) is 6.92 Å². The minimum Gasteiger partial charge on any atom is -0.507 e. The number of anilines is 1. The van der Waals surface area contributed by atoms with E-state index in [9.17, 15) is 9.90 Å². The Morgan fingerprint density at radius 2 is 2.00 bits per heavy atom. The maximum absolute atomic E-state index is 11.0. The zero-order valence-electron chi connectivity index (χ0n) is 16.3. The van der Waals surface area contributed by atoms with Crippen LogP contribution in [0.3, 0.4) is 0 Å². The van der Waals surface area contributed by atoms with E-state index in [0.29, 0.717) is 23.6 Å². The van der Waals surface area contributed by atoms with E-state index in [1.807, 2.05) is 48.2 Å². The van der Waals surface area contributed by atoms with E-state index in [0.717, 1.165) is 35.7 Å². The largest absolute Gasteiger partial charge is 0.507 e. The number of aryl methyl sites for hydroxylation is 1. The molecule has 0 bridgehead atoms. The number of carboxylic acid groups (broad SMARTS) is 1. The summed E-state index contributed by atoms with van der Waals surface area (Å²) in [6.45, 7) is 3.43. The fourth-order valence-electron chi connectivity index (χ4n) is 3.95. The molecule has 1 fully saturated rings. The smallest absolute Gasteiger partial charge is 0.317 e. The second-order valence-electron chi connectivity index (χ2n) is 7.58. The lowest BCUT2D eigenvalue weighted by Crippen LogP contribution is -2.44. The Morgan fingerprint density at radius 3 is 2.76 bits per heavy atom. The predicted molar refractivity (Wildman–Crippen MR) is 112 cm³/mol. The topological polar surface area (TPSA) is 98.6 Å². The molecule has 1 aliphatic rings. The third-order valence-electron chi connectivity index (χ3n) is 5.30. The molecule has 1 unspecified atom stereocenters. The van der Waals surface area contributed by atoms with Crippen LogP contribution in [0.15, 0.2) is 42.5 Å². The molecule has 0 aliphatic carbocycles. The first-order valence-corrected chi connectivity index (χ1v) is 9.77. The molecular weight excluding hydrogens is 368 g/mol. The zero-order chi connectivity index (χ0) is 20.4. The molecule has 0 spiro atoms. The van der Waals surface area contributed by atoms with Crippen molar-refractivity contribution in [3.8, 4) is 17.0 Å². The zero-order valence-corrected chi connectivity index (χ0v) is 16.3. The van der Waals surface area contributed by atoms with Crippen molar-refractivity contribution in [3.05, 3.63) is 48.0 Å². The van der Waals surface area contributed by atoms with Crippen molar-refractivity contribution in [3.63, 3.8) is 0 Å². The lowest BCUT2D eigenvalue weighted by atomic mass is 10.0. The van der Waals surface area contributed by atoms with Gasteiger partial charge in [-0.25, -0.2) is 0 Å².